The first-order chi connectivity index (χ1) is 24.5. The molecule has 2 aliphatic rings. The maximum absolute atomic E-state index is 14.1. The fourth-order valence-electron chi connectivity index (χ4n) is 6.81. The smallest absolute Gasteiger partial charge is 0.245 e. The number of hydrogen-bond acceptors (Lipinski definition) is 8. The second-order valence-corrected chi connectivity index (χ2v) is 15.6. The SMILES string of the molecule is Cc1cc(C)c2cccc(OCc3c(Cl)ccc(S(=O)(=O)N4CCC[C@H]4C(=O)NC4CCN(C(=O)Cc5ccc(C=NN)cc5)CC4)c3Cl)c2n1.Cl.Cl. The summed E-state index contributed by atoms with van der Waals surface area (Å²) in [5, 5.41) is 7.72. The lowest BCUT2D eigenvalue weighted by atomic mass is 10.0. The summed E-state index contributed by atoms with van der Waals surface area (Å²) in [6.07, 6.45) is 3.86. The Morgan fingerprint density at radius 1 is 1.02 bits per heavy atom. The van der Waals surface area contributed by atoms with Gasteiger partial charge in [0.05, 0.1) is 17.7 Å². The second kappa shape index (κ2) is 18.1. The average molecular weight is 825 g/mol. The number of halogens is 4. The average Bonchev–Trinajstić information content (AvgIpc) is 3.61. The van der Waals surface area contributed by atoms with Crippen LogP contribution in [0.1, 0.15) is 53.6 Å². The normalized spacial score (nSPS) is 16.7. The lowest BCUT2D eigenvalue weighted by Gasteiger charge is -2.33. The molecule has 0 aliphatic carbocycles. The highest BCUT2D eigenvalue weighted by atomic mass is 35.5. The van der Waals surface area contributed by atoms with Gasteiger partial charge in [0, 0.05) is 47.3 Å². The monoisotopic (exact) mass is 822 g/mol. The minimum absolute atomic E-state index is 0. The van der Waals surface area contributed by atoms with Crippen LogP contribution in [0.5, 0.6) is 5.75 Å². The lowest BCUT2D eigenvalue weighted by molar-refractivity contribution is -0.131. The third-order valence-electron chi connectivity index (χ3n) is 9.51. The summed E-state index contributed by atoms with van der Waals surface area (Å²) in [5.41, 5.74) is 4.66. The largest absolute Gasteiger partial charge is 0.487 e. The third-order valence-corrected chi connectivity index (χ3v) is 12.4. The summed E-state index contributed by atoms with van der Waals surface area (Å²) in [7, 11) is -4.18. The Morgan fingerprint density at radius 2 is 1.74 bits per heavy atom. The van der Waals surface area contributed by atoms with Gasteiger partial charge in [-0.05, 0) is 80.5 Å². The lowest BCUT2D eigenvalue weighted by Crippen LogP contribution is -2.52. The van der Waals surface area contributed by atoms with Gasteiger partial charge in [-0.15, -0.1) is 24.8 Å². The van der Waals surface area contributed by atoms with E-state index in [4.69, 9.17) is 33.8 Å². The van der Waals surface area contributed by atoms with Gasteiger partial charge in [-0.1, -0.05) is 59.6 Å². The number of pyridine rings is 1. The topological polar surface area (TPSA) is 147 Å². The summed E-state index contributed by atoms with van der Waals surface area (Å²) >= 11 is 13.3. The van der Waals surface area contributed by atoms with Crippen LogP contribution < -0.4 is 15.9 Å². The second-order valence-electron chi connectivity index (χ2n) is 13.0. The molecule has 6 rings (SSSR count). The highest BCUT2D eigenvalue weighted by molar-refractivity contribution is 7.89. The van der Waals surface area contributed by atoms with Crippen LogP contribution in [0.3, 0.4) is 0 Å². The van der Waals surface area contributed by atoms with Crippen molar-refractivity contribution in [3.63, 3.8) is 0 Å². The molecule has 3 N–H and O–H groups in total. The highest BCUT2D eigenvalue weighted by Gasteiger charge is 2.41. The molecule has 2 fully saturated rings. The summed E-state index contributed by atoms with van der Waals surface area (Å²) < 4.78 is 35.5. The molecule has 53 heavy (non-hydrogen) atoms. The number of carbonyl (C=O) groups excluding carboxylic acids is 2. The number of nitrogens with two attached hydrogens (primary N) is 1. The molecule has 3 aromatic carbocycles. The van der Waals surface area contributed by atoms with Crippen molar-refractivity contribution in [2.45, 2.75) is 69.5 Å². The van der Waals surface area contributed by atoms with Crippen LogP contribution in [0, 0.1) is 13.8 Å². The van der Waals surface area contributed by atoms with E-state index >= 15 is 0 Å². The number of para-hydroxylation sites is 1. The van der Waals surface area contributed by atoms with Gasteiger partial charge in [0.2, 0.25) is 21.8 Å². The summed E-state index contributed by atoms with van der Waals surface area (Å²) in [4.78, 5) is 32.8. The summed E-state index contributed by atoms with van der Waals surface area (Å²) in [6.45, 7) is 4.99. The maximum Gasteiger partial charge on any atom is 0.245 e. The molecule has 0 spiro atoms. The highest BCUT2D eigenvalue weighted by Crippen LogP contribution is 2.37. The number of sulfonamides is 1. The predicted octanol–water partition coefficient (Wildman–Crippen LogP) is 6.38. The van der Waals surface area contributed by atoms with Crippen LogP contribution in [0.2, 0.25) is 10.0 Å². The molecule has 284 valence electrons. The summed E-state index contributed by atoms with van der Waals surface area (Å²) in [5.74, 6) is 5.38. The fraction of sp³-hybridized carbons (Fsp3) is 0.351. The Bertz CT molecular complexity index is 2090. The number of carbonyl (C=O) groups is 2. The Balaban J connectivity index is 0.00000314. The molecule has 2 saturated heterocycles. The number of nitrogens with zero attached hydrogens (tertiary/aromatic N) is 4. The van der Waals surface area contributed by atoms with Gasteiger partial charge in [-0.2, -0.15) is 9.41 Å². The van der Waals surface area contributed by atoms with Gasteiger partial charge in [-0.3, -0.25) is 9.59 Å². The number of aryl methyl sites for hydroxylation is 2. The van der Waals surface area contributed by atoms with Gasteiger partial charge in [0.1, 0.15) is 28.8 Å². The zero-order chi connectivity index (χ0) is 36.3. The zero-order valence-corrected chi connectivity index (χ0v) is 33.2. The molecule has 2 aliphatic heterocycles. The Hall–Kier alpha value is -3.65. The van der Waals surface area contributed by atoms with Gasteiger partial charge in [0.15, 0.2) is 0 Å². The van der Waals surface area contributed by atoms with Crippen LogP contribution in [0.4, 0.5) is 0 Å². The maximum atomic E-state index is 14.1. The number of nitrogens with one attached hydrogen (secondary N) is 1. The van der Waals surface area contributed by atoms with Crippen molar-refractivity contribution in [3.8, 4) is 5.75 Å². The number of hydrogen-bond donors (Lipinski definition) is 2. The van der Waals surface area contributed by atoms with Crippen molar-refractivity contribution in [2.75, 3.05) is 19.6 Å². The van der Waals surface area contributed by atoms with E-state index < -0.39 is 16.1 Å². The van der Waals surface area contributed by atoms with Gasteiger partial charge in [0.25, 0.3) is 0 Å². The van der Waals surface area contributed by atoms with Crippen LogP contribution >= 0.6 is 48.0 Å². The zero-order valence-electron chi connectivity index (χ0n) is 29.3. The van der Waals surface area contributed by atoms with Crippen LogP contribution in [-0.4, -0.2) is 72.4 Å². The van der Waals surface area contributed by atoms with Gasteiger partial charge < -0.3 is 20.8 Å². The van der Waals surface area contributed by atoms with Crippen molar-refractivity contribution in [1.29, 1.82) is 0 Å². The van der Waals surface area contributed by atoms with E-state index in [2.05, 4.69) is 15.4 Å². The quantitative estimate of drug-likeness (QED) is 0.107. The van der Waals surface area contributed by atoms with Crippen molar-refractivity contribution in [2.24, 2.45) is 10.9 Å². The van der Waals surface area contributed by atoms with Crippen molar-refractivity contribution in [3.05, 3.63) is 98.7 Å². The molecule has 0 radical (unpaired) electrons. The molecule has 0 unspecified atom stereocenters. The van der Waals surface area contributed by atoms with E-state index in [0.717, 1.165) is 27.8 Å². The molecule has 0 saturated carbocycles. The minimum Gasteiger partial charge on any atom is -0.487 e. The first-order valence-electron chi connectivity index (χ1n) is 16.8. The van der Waals surface area contributed by atoms with E-state index in [-0.39, 0.29) is 77.2 Å². The van der Waals surface area contributed by atoms with Gasteiger partial charge >= 0.3 is 0 Å². The molecule has 11 nitrogen and oxygen atoms in total. The number of rotatable bonds is 10. The van der Waals surface area contributed by atoms with Crippen molar-refractivity contribution < 1.29 is 22.7 Å². The molecule has 1 atom stereocenters. The Labute approximate surface area is 332 Å². The van der Waals surface area contributed by atoms with Crippen LogP contribution in [-0.2, 0) is 32.6 Å². The predicted molar refractivity (Wildman–Crippen MR) is 213 cm³/mol. The molecule has 3 heterocycles. The molecular formula is C37H42Cl4N6O5S. The molecule has 2 amide bonds. The number of piperidine rings is 1. The first kappa shape index (κ1) is 42.1. The number of benzene rings is 3. The van der Waals surface area contributed by atoms with Crippen LogP contribution in [0.25, 0.3) is 10.9 Å². The van der Waals surface area contributed by atoms with E-state index in [9.17, 15) is 18.0 Å². The number of amides is 2. The number of likely N-dealkylation sites (tertiary alicyclic amines) is 1. The molecular weight excluding hydrogens is 782 g/mol. The molecule has 4 aromatic rings. The fourth-order valence-corrected chi connectivity index (χ4v) is 9.33. The van der Waals surface area contributed by atoms with E-state index in [1.165, 1.54) is 22.7 Å². The Morgan fingerprint density at radius 3 is 2.43 bits per heavy atom. The van der Waals surface area contributed by atoms with Gasteiger partial charge in [-0.25, -0.2) is 13.4 Å². The minimum atomic E-state index is -4.18. The van der Waals surface area contributed by atoms with E-state index in [0.29, 0.717) is 55.6 Å². The van der Waals surface area contributed by atoms with Crippen molar-refractivity contribution in [1.82, 2.24) is 19.5 Å². The summed E-state index contributed by atoms with van der Waals surface area (Å²) in [6, 6.07) is 16.9. The van der Waals surface area contributed by atoms with E-state index in [1.807, 2.05) is 56.3 Å². The number of aromatic nitrogens is 1. The number of hydrazone groups is 1. The van der Waals surface area contributed by atoms with Crippen LogP contribution in [0.15, 0.2) is 70.7 Å². The third kappa shape index (κ3) is 9.36. The number of fused-ring (bicyclic) bond motifs is 1. The van der Waals surface area contributed by atoms with E-state index in [1.54, 1.807) is 11.0 Å². The van der Waals surface area contributed by atoms with Crippen molar-refractivity contribution >= 4 is 87.0 Å². The number of ether oxygens (including phenoxy) is 1. The molecule has 1 aromatic heterocycles. The Kier molecular flexibility index (Phi) is 14.4. The molecule has 16 heteroatoms. The first-order valence-corrected chi connectivity index (χ1v) is 19.0. The molecule has 0 bridgehead atoms. The standard InChI is InChI=1S/C37H40Cl2N6O5S.2ClH/c1-23-19-24(2)42-36-28(23)5-3-7-32(36)50-22-29-30(38)12-13-33(35(29)39)51(48,49)45-16-4-6-31(45)37(47)43-27-14-17-44(18-15-27)34(46)20-25-8-10-26(11-9-25)21-41-40;;/h3,5,7-13,19,21,27,31H,4,6,14-18,20,22,40H2,1-2H3,(H,43,47);2*1H/t31-;;/m0../s1.